The zero-order chi connectivity index (χ0) is 14.7. The van der Waals surface area contributed by atoms with Crippen molar-refractivity contribution in [3.05, 3.63) is 23.3 Å². The molecule has 0 amide bonds. The zero-order valence-electron chi connectivity index (χ0n) is 11.4. The fourth-order valence-corrected chi connectivity index (χ4v) is 1.89. The van der Waals surface area contributed by atoms with Crippen molar-refractivity contribution in [2.24, 2.45) is 0 Å². The molecule has 0 atom stereocenters. The molecular formula is C14H14O6. The van der Waals surface area contributed by atoms with E-state index in [0.717, 1.165) is 0 Å². The van der Waals surface area contributed by atoms with Gasteiger partial charge in [-0.25, -0.2) is 4.79 Å². The van der Waals surface area contributed by atoms with Gasteiger partial charge in [-0.2, -0.15) is 0 Å². The average molecular weight is 278 g/mol. The van der Waals surface area contributed by atoms with Crippen molar-refractivity contribution in [2.45, 2.75) is 0 Å². The van der Waals surface area contributed by atoms with E-state index in [1.54, 1.807) is 12.1 Å². The molecule has 20 heavy (non-hydrogen) atoms. The van der Waals surface area contributed by atoms with Crippen LogP contribution in [0.3, 0.4) is 0 Å². The van der Waals surface area contributed by atoms with Gasteiger partial charge in [0.15, 0.2) is 18.1 Å². The van der Waals surface area contributed by atoms with E-state index in [1.807, 2.05) is 0 Å². The van der Waals surface area contributed by atoms with Gasteiger partial charge in [0.25, 0.3) is 0 Å². The lowest BCUT2D eigenvalue weighted by Gasteiger charge is -2.12. The second kappa shape index (κ2) is 5.64. The molecule has 1 saturated heterocycles. The molecule has 1 aromatic carbocycles. The van der Waals surface area contributed by atoms with Crippen LogP contribution in [0.25, 0.3) is 6.08 Å². The molecule has 1 heterocycles. The Morgan fingerprint density at radius 1 is 1.05 bits per heavy atom. The Morgan fingerprint density at radius 2 is 1.65 bits per heavy atom. The predicted octanol–water partition coefficient (Wildman–Crippen LogP) is 1.22. The third-order valence-electron chi connectivity index (χ3n) is 2.85. The van der Waals surface area contributed by atoms with Crippen LogP contribution in [0.4, 0.5) is 0 Å². The fourth-order valence-electron chi connectivity index (χ4n) is 1.89. The van der Waals surface area contributed by atoms with Crippen molar-refractivity contribution < 1.29 is 28.5 Å². The predicted molar refractivity (Wildman–Crippen MR) is 70.0 cm³/mol. The lowest BCUT2D eigenvalue weighted by molar-refractivity contribution is -0.135. The number of rotatable bonds is 4. The van der Waals surface area contributed by atoms with Crippen molar-refractivity contribution in [1.82, 2.24) is 0 Å². The summed E-state index contributed by atoms with van der Waals surface area (Å²) >= 11 is 0. The van der Waals surface area contributed by atoms with Gasteiger partial charge in [0, 0.05) is 0 Å². The average Bonchev–Trinajstić information content (AvgIpc) is 2.77. The van der Waals surface area contributed by atoms with Crippen molar-refractivity contribution in [1.29, 1.82) is 0 Å². The summed E-state index contributed by atoms with van der Waals surface area (Å²) in [5.41, 5.74) is 0.598. The van der Waals surface area contributed by atoms with Gasteiger partial charge in [0.1, 0.15) is 5.57 Å². The van der Waals surface area contributed by atoms with E-state index in [4.69, 9.17) is 14.2 Å². The largest absolute Gasteiger partial charge is 0.493 e. The molecule has 0 aromatic heterocycles. The minimum absolute atomic E-state index is 0.0132. The maximum Gasteiger partial charge on any atom is 0.342 e. The van der Waals surface area contributed by atoms with Gasteiger partial charge in [-0.1, -0.05) is 0 Å². The van der Waals surface area contributed by atoms with Crippen LogP contribution in [-0.2, 0) is 14.3 Å². The van der Waals surface area contributed by atoms with E-state index < -0.39 is 5.97 Å². The lowest BCUT2D eigenvalue weighted by atomic mass is 10.1. The fraction of sp³-hybridized carbons (Fsp3) is 0.286. The number of benzene rings is 1. The van der Waals surface area contributed by atoms with Crippen LogP contribution in [0.5, 0.6) is 17.2 Å². The first-order valence-electron chi connectivity index (χ1n) is 5.82. The second-order valence-corrected chi connectivity index (χ2v) is 4.02. The molecule has 1 fully saturated rings. The first-order valence-corrected chi connectivity index (χ1v) is 5.82. The molecule has 106 valence electrons. The monoisotopic (exact) mass is 278 g/mol. The molecule has 0 radical (unpaired) electrons. The number of methoxy groups -OCH3 is 3. The zero-order valence-corrected chi connectivity index (χ0v) is 11.4. The summed E-state index contributed by atoms with van der Waals surface area (Å²) < 4.78 is 20.3. The van der Waals surface area contributed by atoms with Crippen molar-refractivity contribution in [3.8, 4) is 17.2 Å². The normalized spacial score (nSPS) is 16.2. The number of Topliss-reactive ketones (excluding diaryl/α,β-unsaturated/α-hetero) is 1. The quantitative estimate of drug-likeness (QED) is 0.468. The molecule has 6 heteroatoms. The van der Waals surface area contributed by atoms with E-state index >= 15 is 0 Å². The number of esters is 1. The molecule has 0 bridgehead atoms. The van der Waals surface area contributed by atoms with Gasteiger partial charge in [0.05, 0.1) is 21.3 Å². The van der Waals surface area contributed by atoms with Crippen molar-refractivity contribution >= 4 is 17.8 Å². The van der Waals surface area contributed by atoms with Gasteiger partial charge < -0.3 is 18.9 Å². The smallest absolute Gasteiger partial charge is 0.342 e. The standard InChI is InChI=1S/C14H14O6/c1-17-11-5-8(6-12(18-2)13(11)19-3)4-9-10(15)7-20-14(9)16/h4-6H,7H2,1-3H3/b9-4-. The molecule has 0 unspecified atom stereocenters. The summed E-state index contributed by atoms with van der Waals surface area (Å²) in [6.45, 7) is -0.213. The minimum Gasteiger partial charge on any atom is -0.493 e. The molecule has 1 aliphatic heterocycles. The van der Waals surface area contributed by atoms with Gasteiger partial charge in [-0.3, -0.25) is 4.79 Å². The molecule has 0 N–H and O–H groups in total. The van der Waals surface area contributed by atoms with Crippen LogP contribution in [0.15, 0.2) is 17.7 Å². The Kier molecular flexibility index (Phi) is 3.93. The Hall–Kier alpha value is -2.50. The third-order valence-corrected chi connectivity index (χ3v) is 2.85. The van der Waals surface area contributed by atoms with Crippen LogP contribution in [0.1, 0.15) is 5.56 Å². The molecular weight excluding hydrogens is 264 g/mol. The third kappa shape index (κ3) is 2.45. The molecule has 1 aromatic rings. The SMILES string of the molecule is COc1cc(/C=C2/C(=O)COC2=O)cc(OC)c1OC. The lowest BCUT2D eigenvalue weighted by Crippen LogP contribution is -2.01. The number of carbonyl (C=O) groups is 2. The van der Waals surface area contributed by atoms with Crippen LogP contribution in [0, 0.1) is 0 Å². The minimum atomic E-state index is -0.622. The summed E-state index contributed by atoms with van der Waals surface area (Å²) in [6, 6.07) is 3.29. The maximum atomic E-state index is 11.5. The molecule has 6 nitrogen and oxygen atoms in total. The van der Waals surface area contributed by atoms with E-state index in [1.165, 1.54) is 27.4 Å². The van der Waals surface area contributed by atoms with E-state index in [2.05, 4.69) is 4.74 Å². The van der Waals surface area contributed by atoms with Crippen LogP contribution < -0.4 is 14.2 Å². The van der Waals surface area contributed by atoms with E-state index in [9.17, 15) is 9.59 Å². The molecule has 2 rings (SSSR count). The number of hydrogen-bond acceptors (Lipinski definition) is 6. The number of carbonyl (C=O) groups excluding carboxylic acids is 2. The van der Waals surface area contributed by atoms with Gasteiger partial charge in [-0.15, -0.1) is 0 Å². The number of cyclic esters (lactones) is 1. The van der Waals surface area contributed by atoms with E-state index in [-0.39, 0.29) is 18.0 Å². The number of ether oxygens (including phenoxy) is 4. The Balaban J connectivity index is 2.50. The Bertz CT molecular complexity index is 544. The van der Waals surface area contributed by atoms with Crippen molar-refractivity contribution in [2.75, 3.05) is 27.9 Å². The second-order valence-electron chi connectivity index (χ2n) is 4.02. The molecule has 0 aliphatic carbocycles. The highest BCUT2D eigenvalue weighted by Crippen LogP contribution is 2.38. The van der Waals surface area contributed by atoms with Crippen LogP contribution in [0.2, 0.25) is 0 Å². The Labute approximate surface area is 115 Å². The van der Waals surface area contributed by atoms with Crippen molar-refractivity contribution in [3.63, 3.8) is 0 Å². The highest BCUT2D eigenvalue weighted by molar-refractivity contribution is 6.24. The number of hydrogen-bond donors (Lipinski definition) is 0. The van der Waals surface area contributed by atoms with Gasteiger partial charge in [0.2, 0.25) is 11.5 Å². The molecule has 1 aliphatic rings. The van der Waals surface area contributed by atoms with Gasteiger partial charge >= 0.3 is 5.97 Å². The summed E-state index contributed by atoms with van der Waals surface area (Å²) in [4.78, 5) is 22.9. The van der Waals surface area contributed by atoms with Crippen LogP contribution >= 0.6 is 0 Å². The molecule has 0 saturated carbocycles. The van der Waals surface area contributed by atoms with Gasteiger partial charge in [-0.05, 0) is 23.8 Å². The van der Waals surface area contributed by atoms with Crippen LogP contribution in [-0.4, -0.2) is 39.7 Å². The van der Waals surface area contributed by atoms with E-state index in [0.29, 0.717) is 22.8 Å². The Morgan fingerprint density at radius 3 is 2.05 bits per heavy atom. The summed E-state index contributed by atoms with van der Waals surface area (Å²) in [6.07, 6.45) is 1.45. The maximum absolute atomic E-state index is 11.5. The molecule has 0 spiro atoms. The summed E-state index contributed by atoms with van der Waals surface area (Å²) in [7, 11) is 4.47. The summed E-state index contributed by atoms with van der Waals surface area (Å²) in [5.74, 6) is 0.361. The topological polar surface area (TPSA) is 71.1 Å². The highest BCUT2D eigenvalue weighted by atomic mass is 16.5. The number of ketones is 1. The first kappa shape index (κ1) is 13.9. The summed E-state index contributed by atoms with van der Waals surface area (Å²) in [5, 5.41) is 0. The first-order chi connectivity index (χ1) is 9.60. The highest BCUT2D eigenvalue weighted by Gasteiger charge is 2.28.